The summed E-state index contributed by atoms with van der Waals surface area (Å²) < 4.78 is 5.03. The second kappa shape index (κ2) is 16.7. The number of carboxylic acid groups (broad SMARTS) is 1. The lowest BCUT2D eigenvalue weighted by atomic mass is 10.1. The van der Waals surface area contributed by atoms with Gasteiger partial charge in [0.05, 0.1) is 6.10 Å². The van der Waals surface area contributed by atoms with Crippen LogP contribution in [0.5, 0.6) is 0 Å². The number of allylic oxidation sites excluding steroid dienone is 2. The second-order valence-electron chi connectivity index (χ2n) is 5.71. The molecule has 0 heterocycles. The third-order valence-corrected chi connectivity index (χ3v) is 2.82. The molecule has 0 aliphatic carbocycles. The van der Waals surface area contributed by atoms with Crippen molar-refractivity contribution in [3.05, 3.63) is 24.3 Å². The number of carboxylic acids is 1. The molecule has 0 fully saturated rings. The maximum absolute atomic E-state index is 10.8. The molecule has 0 aromatic carbocycles. The van der Waals surface area contributed by atoms with E-state index in [1.54, 1.807) is 26.8 Å². The lowest BCUT2D eigenvalue weighted by molar-refractivity contribution is -0.144. The molecule has 0 spiro atoms. The molecule has 0 aliphatic rings. The Morgan fingerprint density at radius 3 is 1.43 bits per heavy atom. The van der Waals surface area contributed by atoms with Gasteiger partial charge >= 0.3 is 11.9 Å². The number of esters is 1. The summed E-state index contributed by atoms with van der Waals surface area (Å²) in [5.41, 5.74) is 0. The SMILES string of the molecule is C/C=C/C(=O)O.C/C=C/C(=O)OC(C)C(C)C.CC(C)C(C)O. The van der Waals surface area contributed by atoms with Crippen LogP contribution in [0.1, 0.15) is 55.4 Å². The van der Waals surface area contributed by atoms with Crippen LogP contribution < -0.4 is 0 Å². The Morgan fingerprint density at radius 1 is 0.870 bits per heavy atom. The van der Waals surface area contributed by atoms with Crippen molar-refractivity contribution in [3.63, 3.8) is 0 Å². The van der Waals surface area contributed by atoms with Crippen LogP contribution >= 0.6 is 0 Å². The molecule has 5 heteroatoms. The number of ether oxygens (including phenoxy) is 1. The van der Waals surface area contributed by atoms with Gasteiger partial charge in [-0.3, -0.25) is 0 Å². The van der Waals surface area contributed by atoms with Crippen molar-refractivity contribution in [3.8, 4) is 0 Å². The van der Waals surface area contributed by atoms with E-state index in [0.717, 1.165) is 6.08 Å². The molecule has 2 atom stereocenters. The highest BCUT2D eigenvalue weighted by molar-refractivity contribution is 5.81. The predicted octanol–water partition coefficient (Wildman–Crippen LogP) is 3.82. The monoisotopic (exact) mass is 330 g/mol. The van der Waals surface area contributed by atoms with Crippen LogP contribution in [0.2, 0.25) is 0 Å². The van der Waals surface area contributed by atoms with Gasteiger partial charge in [-0.1, -0.05) is 39.8 Å². The summed E-state index contributed by atoms with van der Waals surface area (Å²) in [4.78, 5) is 20.4. The van der Waals surface area contributed by atoms with Crippen LogP contribution in [0.15, 0.2) is 24.3 Å². The number of aliphatic hydroxyl groups excluding tert-OH is 1. The van der Waals surface area contributed by atoms with Gasteiger partial charge in [0, 0.05) is 12.2 Å². The molecule has 2 N–H and O–H groups in total. The maximum Gasteiger partial charge on any atom is 0.330 e. The minimum Gasteiger partial charge on any atom is -0.478 e. The lowest BCUT2D eigenvalue weighted by Crippen LogP contribution is -2.18. The molecule has 0 bridgehead atoms. The van der Waals surface area contributed by atoms with E-state index in [1.165, 1.54) is 12.2 Å². The quantitative estimate of drug-likeness (QED) is 0.591. The molecule has 0 amide bonds. The first-order chi connectivity index (χ1) is 10.5. The van der Waals surface area contributed by atoms with Gasteiger partial charge in [-0.15, -0.1) is 0 Å². The molecule has 136 valence electrons. The fourth-order valence-electron chi connectivity index (χ4n) is 0.637. The van der Waals surface area contributed by atoms with Gasteiger partial charge in [-0.25, -0.2) is 9.59 Å². The van der Waals surface area contributed by atoms with Crippen molar-refractivity contribution in [2.24, 2.45) is 11.8 Å². The zero-order valence-corrected chi connectivity index (χ0v) is 15.7. The third-order valence-electron chi connectivity index (χ3n) is 2.82. The van der Waals surface area contributed by atoms with Gasteiger partial charge in [0.1, 0.15) is 6.10 Å². The number of aliphatic carboxylic acids is 1. The van der Waals surface area contributed by atoms with Crippen LogP contribution in [-0.4, -0.2) is 34.4 Å². The van der Waals surface area contributed by atoms with E-state index in [-0.39, 0.29) is 18.2 Å². The van der Waals surface area contributed by atoms with Crippen molar-refractivity contribution in [2.75, 3.05) is 0 Å². The minimum absolute atomic E-state index is 0.00120. The topological polar surface area (TPSA) is 83.8 Å². The van der Waals surface area contributed by atoms with Crippen LogP contribution in [0.3, 0.4) is 0 Å². The average molecular weight is 330 g/mol. The van der Waals surface area contributed by atoms with Crippen LogP contribution in [0, 0.1) is 11.8 Å². The molecule has 5 nitrogen and oxygen atoms in total. The smallest absolute Gasteiger partial charge is 0.330 e. The van der Waals surface area contributed by atoms with Crippen molar-refractivity contribution in [1.82, 2.24) is 0 Å². The fourth-order valence-corrected chi connectivity index (χ4v) is 0.637. The molecule has 0 radical (unpaired) electrons. The summed E-state index contributed by atoms with van der Waals surface area (Å²) >= 11 is 0. The van der Waals surface area contributed by atoms with Gasteiger partial charge in [0.25, 0.3) is 0 Å². The highest BCUT2D eigenvalue weighted by atomic mass is 16.5. The van der Waals surface area contributed by atoms with E-state index in [2.05, 4.69) is 0 Å². The Labute approximate surface area is 141 Å². The lowest BCUT2D eigenvalue weighted by Gasteiger charge is -2.14. The van der Waals surface area contributed by atoms with Crippen LogP contribution in [0.4, 0.5) is 0 Å². The van der Waals surface area contributed by atoms with Gasteiger partial charge in [0.15, 0.2) is 0 Å². The Bertz CT molecular complexity index is 348. The molecule has 0 saturated heterocycles. The standard InChI is InChI=1S/C9H16O2.C5H12O.C4H6O2/c1-5-6-9(10)11-8(4)7(2)3;1-4(2)5(3)6;1-2-3-4(5)6/h5-8H,1-4H3;4-6H,1-3H3;2-3H,1H3,(H,5,6)/b6-5+;;3-2+. The first-order valence-corrected chi connectivity index (χ1v) is 7.86. The molecular formula is C18H34O5. The summed E-state index contributed by atoms with van der Waals surface area (Å²) in [5, 5.41) is 16.5. The van der Waals surface area contributed by atoms with Crippen LogP contribution in [0.25, 0.3) is 0 Å². The zero-order valence-electron chi connectivity index (χ0n) is 15.7. The van der Waals surface area contributed by atoms with E-state index in [0.29, 0.717) is 11.8 Å². The number of carbonyl (C=O) groups is 2. The third kappa shape index (κ3) is 25.7. The maximum atomic E-state index is 10.8. The Balaban J connectivity index is -0.000000284. The molecule has 0 aromatic heterocycles. The molecule has 23 heavy (non-hydrogen) atoms. The van der Waals surface area contributed by atoms with E-state index in [4.69, 9.17) is 14.9 Å². The molecule has 0 saturated carbocycles. The molecule has 0 rings (SSSR count). The van der Waals surface area contributed by atoms with E-state index in [1.807, 2.05) is 34.6 Å². The zero-order chi connectivity index (χ0) is 19.0. The molecular weight excluding hydrogens is 296 g/mol. The second-order valence-corrected chi connectivity index (χ2v) is 5.71. The summed E-state index contributed by atoms with van der Waals surface area (Å²) in [7, 11) is 0. The van der Waals surface area contributed by atoms with Crippen molar-refractivity contribution in [2.45, 2.75) is 67.6 Å². The summed E-state index contributed by atoms with van der Waals surface area (Å²) in [6.07, 6.45) is 5.51. The van der Waals surface area contributed by atoms with Crippen LogP contribution in [-0.2, 0) is 14.3 Å². The Morgan fingerprint density at radius 2 is 1.26 bits per heavy atom. The normalized spacial score (nSPS) is 13.2. The molecule has 0 aromatic rings. The van der Waals surface area contributed by atoms with Crippen molar-refractivity contribution >= 4 is 11.9 Å². The predicted molar refractivity (Wildman–Crippen MR) is 94.2 cm³/mol. The number of aliphatic hydroxyl groups is 1. The highest BCUT2D eigenvalue weighted by Gasteiger charge is 2.09. The Hall–Kier alpha value is -1.62. The Kier molecular flexibility index (Phi) is 19.1. The van der Waals surface area contributed by atoms with E-state index >= 15 is 0 Å². The van der Waals surface area contributed by atoms with Crippen molar-refractivity contribution in [1.29, 1.82) is 0 Å². The summed E-state index contributed by atoms with van der Waals surface area (Å²) in [5.74, 6) is -0.361. The van der Waals surface area contributed by atoms with Crippen molar-refractivity contribution < 1.29 is 24.5 Å². The number of hydrogen-bond acceptors (Lipinski definition) is 4. The summed E-state index contributed by atoms with van der Waals surface area (Å²) in [6, 6.07) is 0. The van der Waals surface area contributed by atoms with Gasteiger partial charge in [-0.05, 0) is 39.5 Å². The largest absolute Gasteiger partial charge is 0.478 e. The molecule has 2 unspecified atom stereocenters. The highest BCUT2D eigenvalue weighted by Crippen LogP contribution is 2.05. The van der Waals surface area contributed by atoms with E-state index in [9.17, 15) is 9.59 Å². The van der Waals surface area contributed by atoms with Gasteiger partial charge in [-0.2, -0.15) is 0 Å². The first-order valence-electron chi connectivity index (χ1n) is 7.86. The number of hydrogen-bond donors (Lipinski definition) is 2. The minimum atomic E-state index is -0.891. The van der Waals surface area contributed by atoms with Gasteiger partial charge < -0.3 is 14.9 Å². The van der Waals surface area contributed by atoms with E-state index < -0.39 is 5.97 Å². The molecule has 0 aliphatic heterocycles. The average Bonchev–Trinajstić information content (AvgIpc) is 2.39. The number of carbonyl (C=O) groups excluding carboxylic acids is 1. The first kappa shape index (κ1) is 26.3. The summed E-state index contributed by atoms with van der Waals surface area (Å²) in [6.45, 7) is 15.2. The number of rotatable bonds is 5. The fraction of sp³-hybridized carbons (Fsp3) is 0.667. The van der Waals surface area contributed by atoms with Gasteiger partial charge in [0.2, 0.25) is 0 Å².